The van der Waals surface area contributed by atoms with Gasteiger partial charge in [-0.3, -0.25) is 4.79 Å². The molecule has 2 atom stereocenters. The molecule has 6 nitrogen and oxygen atoms in total. The number of carbonyl (C=O) groups excluding carboxylic acids is 1. The fourth-order valence-electron chi connectivity index (χ4n) is 6.31. The topological polar surface area (TPSA) is 51.7 Å². The number of anilines is 2. The second-order valence-electron chi connectivity index (χ2n) is 10.9. The molecule has 2 fully saturated rings. The van der Waals surface area contributed by atoms with Gasteiger partial charge in [-0.2, -0.15) is 0 Å². The molecule has 3 aliphatic rings. The third-order valence-corrected chi connectivity index (χ3v) is 8.47. The Morgan fingerprint density at radius 3 is 2.59 bits per heavy atom. The number of aromatic nitrogens is 1. The molecule has 0 bridgehead atoms. The van der Waals surface area contributed by atoms with Crippen LogP contribution in [0.15, 0.2) is 54.7 Å². The maximum absolute atomic E-state index is 14.6. The van der Waals surface area contributed by atoms with Gasteiger partial charge in [0.05, 0.1) is 11.7 Å². The Balaban J connectivity index is 1.21. The second kappa shape index (κ2) is 10.9. The number of benzene rings is 2. The SMILES string of the molecule is CC(c1cc(F)ccc1F)N1CCNc2ncc(-c3ccc(C(=O)N4CCC[C@H]4CN4CCCC4)cc3)cc21. The highest BCUT2D eigenvalue weighted by molar-refractivity contribution is 5.95. The molecule has 1 amide bonds. The van der Waals surface area contributed by atoms with Crippen LogP contribution in [0.5, 0.6) is 0 Å². The summed E-state index contributed by atoms with van der Waals surface area (Å²) in [5, 5.41) is 3.31. The van der Waals surface area contributed by atoms with Crippen LogP contribution in [-0.2, 0) is 0 Å². The predicted molar refractivity (Wildman–Crippen MR) is 150 cm³/mol. The van der Waals surface area contributed by atoms with Gasteiger partial charge in [0.25, 0.3) is 5.91 Å². The van der Waals surface area contributed by atoms with Crippen molar-refractivity contribution in [2.75, 3.05) is 49.5 Å². The van der Waals surface area contributed by atoms with E-state index < -0.39 is 11.6 Å². The lowest BCUT2D eigenvalue weighted by molar-refractivity contribution is 0.0709. The lowest BCUT2D eigenvalue weighted by Gasteiger charge is -2.36. The molecule has 0 aliphatic carbocycles. The van der Waals surface area contributed by atoms with E-state index >= 15 is 0 Å². The summed E-state index contributed by atoms with van der Waals surface area (Å²) in [6, 6.07) is 13.3. The van der Waals surface area contributed by atoms with Crippen molar-refractivity contribution in [1.29, 1.82) is 0 Å². The quantitative estimate of drug-likeness (QED) is 0.441. The summed E-state index contributed by atoms with van der Waals surface area (Å²) in [6.07, 6.45) is 6.46. The van der Waals surface area contributed by atoms with Gasteiger partial charge in [-0.1, -0.05) is 12.1 Å². The molecule has 1 unspecified atom stereocenters. The maximum atomic E-state index is 14.6. The van der Waals surface area contributed by atoms with Crippen molar-refractivity contribution in [1.82, 2.24) is 14.8 Å². The fraction of sp³-hybridized carbons (Fsp3) is 0.419. The van der Waals surface area contributed by atoms with Crippen molar-refractivity contribution in [2.45, 2.75) is 44.7 Å². The van der Waals surface area contributed by atoms with Crippen molar-refractivity contribution >= 4 is 17.4 Å². The molecule has 39 heavy (non-hydrogen) atoms. The highest BCUT2D eigenvalue weighted by Gasteiger charge is 2.31. The monoisotopic (exact) mass is 531 g/mol. The Morgan fingerprint density at radius 2 is 1.79 bits per heavy atom. The van der Waals surface area contributed by atoms with Gasteiger partial charge in [-0.15, -0.1) is 0 Å². The number of hydrogen-bond acceptors (Lipinski definition) is 5. The molecule has 3 aromatic rings. The molecule has 8 heteroatoms. The van der Waals surface area contributed by atoms with Gasteiger partial charge in [0, 0.05) is 55.1 Å². The van der Waals surface area contributed by atoms with Gasteiger partial charge >= 0.3 is 0 Å². The van der Waals surface area contributed by atoms with Crippen LogP contribution >= 0.6 is 0 Å². The van der Waals surface area contributed by atoms with Crippen LogP contribution in [0.2, 0.25) is 0 Å². The second-order valence-corrected chi connectivity index (χ2v) is 10.9. The van der Waals surface area contributed by atoms with E-state index in [-0.39, 0.29) is 11.9 Å². The van der Waals surface area contributed by atoms with Crippen molar-refractivity contribution in [3.63, 3.8) is 0 Å². The van der Waals surface area contributed by atoms with Gasteiger partial charge < -0.3 is 20.0 Å². The van der Waals surface area contributed by atoms with E-state index in [0.29, 0.717) is 30.3 Å². The number of hydrogen-bond donors (Lipinski definition) is 1. The third kappa shape index (κ3) is 5.22. The molecule has 2 saturated heterocycles. The number of amides is 1. The Bertz CT molecular complexity index is 1340. The van der Waals surface area contributed by atoms with Crippen molar-refractivity contribution < 1.29 is 13.6 Å². The van der Waals surface area contributed by atoms with Gasteiger partial charge in [0.2, 0.25) is 0 Å². The molecule has 204 valence electrons. The number of carbonyl (C=O) groups is 1. The van der Waals surface area contributed by atoms with E-state index in [1.807, 2.05) is 43.5 Å². The van der Waals surface area contributed by atoms with Crippen molar-refractivity contribution in [3.05, 3.63) is 77.5 Å². The highest BCUT2D eigenvalue weighted by atomic mass is 19.1. The minimum atomic E-state index is -0.452. The number of rotatable bonds is 6. The fourth-order valence-corrected chi connectivity index (χ4v) is 6.31. The van der Waals surface area contributed by atoms with Crippen LogP contribution in [0.4, 0.5) is 20.3 Å². The van der Waals surface area contributed by atoms with Crippen LogP contribution in [-0.4, -0.2) is 66.0 Å². The molecular formula is C31H35F2N5O. The minimum absolute atomic E-state index is 0.105. The standard InChI is InChI=1S/C31H35F2N5O/c1-21(27-18-25(32)10-11-28(27)33)37-16-12-34-30-29(37)17-24(19-35-30)22-6-8-23(9-7-22)31(39)38-15-4-5-26(38)20-36-13-2-3-14-36/h6-11,17-19,21,26H,2-5,12-16,20H2,1H3,(H,34,35)/t21?,26-/m0/s1. The maximum Gasteiger partial charge on any atom is 0.254 e. The molecule has 0 spiro atoms. The normalized spacial score (nSPS) is 20.1. The van der Waals surface area contributed by atoms with Crippen molar-refractivity contribution in [3.8, 4) is 11.1 Å². The number of likely N-dealkylation sites (tertiary alicyclic amines) is 2. The lowest BCUT2D eigenvalue weighted by atomic mass is 10.0. The molecule has 3 aliphatic heterocycles. The summed E-state index contributed by atoms with van der Waals surface area (Å²) in [4.78, 5) is 24.6. The number of pyridine rings is 1. The molecule has 1 aromatic heterocycles. The average molecular weight is 532 g/mol. The summed E-state index contributed by atoms with van der Waals surface area (Å²) in [6.45, 7) is 7.27. The number of halogens is 2. The molecule has 6 rings (SSSR count). The third-order valence-electron chi connectivity index (χ3n) is 8.47. The smallest absolute Gasteiger partial charge is 0.254 e. The Labute approximate surface area is 228 Å². The van der Waals surface area contributed by atoms with Crippen LogP contribution in [0.1, 0.15) is 54.6 Å². The Morgan fingerprint density at radius 1 is 1.00 bits per heavy atom. The largest absolute Gasteiger partial charge is 0.367 e. The number of nitrogens with zero attached hydrogens (tertiary/aromatic N) is 4. The molecule has 0 radical (unpaired) electrons. The van der Waals surface area contributed by atoms with Crippen LogP contribution in [0.3, 0.4) is 0 Å². The summed E-state index contributed by atoms with van der Waals surface area (Å²) in [5.41, 5.74) is 3.72. The molecule has 4 heterocycles. The first kappa shape index (κ1) is 25.7. The van der Waals surface area contributed by atoms with Gasteiger partial charge in [-0.25, -0.2) is 13.8 Å². The summed E-state index contributed by atoms with van der Waals surface area (Å²) < 4.78 is 28.5. The first-order valence-electron chi connectivity index (χ1n) is 14.1. The zero-order valence-corrected chi connectivity index (χ0v) is 22.4. The Kier molecular flexibility index (Phi) is 7.21. The first-order chi connectivity index (χ1) is 19.0. The van der Waals surface area contributed by atoms with E-state index in [9.17, 15) is 13.6 Å². The van der Waals surface area contributed by atoms with Gasteiger partial charge in [0.1, 0.15) is 17.5 Å². The summed E-state index contributed by atoms with van der Waals surface area (Å²) >= 11 is 0. The van der Waals surface area contributed by atoms with E-state index in [2.05, 4.69) is 25.0 Å². The molecule has 1 N–H and O–H groups in total. The zero-order chi connectivity index (χ0) is 26.9. The van der Waals surface area contributed by atoms with E-state index in [4.69, 9.17) is 0 Å². The first-order valence-corrected chi connectivity index (χ1v) is 14.1. The van der Waals surface area contributed by atoms with E-state index in [0.717, 1.165) is 67.7 Å². The number of nitrogens with one attached hydrogen (secondary N) is 1. The van der Waals surface area contributed by atoms with Crippen LogP contribution < -0.4 is 10.2 Å². The number of fused-ring (bicyclic) bond motifs is 1. The van der Waals surface area contributed by atoms with Crippen LogP contribution in [0.25, 0.3) is 11.1 Å². The highest BCUT2D eigenvalue weighted by Crippen LogP contribution is 2.37. The molecule has 0 saturated carbocycles. The van der Waals surface area contributed by atoms with Crippen LogP contribution in [0, 0.1) is 11.6 Å². The average Bonchev–Trinajstić information content (AvgIpc) is 3.66. The molecule has 2 aromatic carbocycles. The van der Waals surface area contributed by atoms with E-state index in [1.165, 1.54) is 25.0 Å². The van der Waals surface area contributed by atoms with Gasteiger partial charge in [0.15, 0.2) is 0 Å². The predicted octanol–water partition coefficient (Wildman–Crippen LogP) is 5.72. The summed E-state index contributed by atoms with van der Waals surface area (Å²) in [7, 11) is 0. The van der Waals surface area contributed by atoms with E-state index in [1.54, 1.807) is 0 Å². The molecular weight excluding hydrogens is 496 g/mol. The zero-order valence-electron chi connectivity index (χ0n) is 22.4. The lowest BCUT2D eigenvalue weighted by Crippen LogP contribution is -2.42. The minimum Gasteiger partial charge on any atom is -0.367 e. The summed E-state index contributed by atoms with van der Waals surface area (Å²) in [5.74, 6) is -0.0490. The Hall–Kier alpha value is -3.52. The van der Waals surface area contributed by atoms with Crippen molar-refractivity contribution in [2.24, 2.45) is 0 Å². The van der Waals surface area contributed by atoms with Gasteiger partial charge in [-0.05, 0) is 87.7 Å².